The monoisotopic (exact) mass is 237 g/mol. The van der Waals surface area contributed by atoms with Gasteiger partial charge in [-0.15, -0.1) is 0 Å². The molecule has 0 fully saturated rings. The van der Waals surface area contributed by atoms with Gasteiger partial charge in [-0.25, -0.2) is 4.79 Å². The van der Waals surface area contributed by atoms with Gasteiger partial charge in [-0.1, -0.05) is 42.5 Å². The van der Waals surface area contributed by atoms with Gasteiger partial charge >= 0.3 is 5.97 Å². The fourth-order valence-corrected chi connectivity index (χ4v) is 2.23. The van der Waals surface area contributed by atoms with Gasteiger partial charge in [0.2, 0.25) is 0 Å². The minimum absolute atomic E-state index is 0.228. The number of nitrogens with one attached hydrogen (secondary N) is 1. The molecule has 0 saturated heterocycles. The number of hydrogen-bond donors (Lipinski definition) is 2. The summed E-state index contributed by atoms with van der Waals surface area (Å²) in [5, 5.41) is 11.3. The number of hydrogen-bond acceptors (Lipinski definition) is 1. The van der Waals surface area contributed by atoms with Crippen LogP contribution in [0.2, 0.25) is 0 Å². The normalized spacial score (nSPS) is 10.7. The molecule has 1 heterocycles. The number of fused-ring (bicyclic) bond motifs is 1. The van der Waals surface area contributed by atoms with Crippen molar-refractivity contribution < 1.29 is 9.90 Å². The van der Waals surface area contributed by atoms with Crippen LogP contribution >= 0.6 is 0 Å². The lowest BCUT2D eigenvalue weighted by atomic mass is 9.98. The molecular weight excluding hydrogens is 226 g/mol. The summed E-state index contributed by atoms with van der Waals surface area (Å²) in [7, 11) is 0. The minimum atomic E-state index is -0.942. The number of carbonyl (C=O) groups is 1. The lowest BCUT2D eigenvalue weighted by Crippen LogP contribution is -1.98. The Kier molecular flexibility index (Phi) is 2.38. The van der Waals surface area contributed by atoms with Gasteiger partial charge in [0.25, 0.3) is 0 Å². The molecule has 0 amide bonds. The number of carboxylic acids is 1. The second-order valence-electron chi connectivity index (χ2n) is 4.10. The molecule has 0 aliphatic rings. The van der Waals surface area contributed by atoms with Crippen molar-refractivity contribution in [3.05, 3.63) is 60.4 Å². The van der Waals surface area contributed by atoms with Gasteiger partial charge < -0.3 is 10.1 Å². The van der Waals surface area contributed by atoms with Crippen molar-refractivity contribution in [2.45, 2.75) is 0 Å². The van der Waals surface area contributed by atoms with E-state index in [1.165, 1.54) is 0 Å². The lowest BCUT2D eigenvalue weighted by molar-refractivity contribution is 0.0692. The largest absolute Gasteiger partial charge is 0.477 e. The first-order valence-electron chi connectivity index (χ1n) is 5.66. The number of benzene rings is 2. The summed E-state index contributed by atoms with van der Waals surface area (Å²) in [6.45, 7) is 0. The third kappa shape index (κ3) is 1.57. The van der Waals surface area contributed by atoms with E-state index in [2.05, 4.69) is 4.98 Å². The molecule has 3 heteroatoms. The van der Waals surface area contributed by atoms with E-state index in [4.69, 9.17) is 5.11 Å². The first-order valence-corrected chi connectivity index (χ1v) is 5.66. The Morgan fingerprint density at radius 2 is 1.72 bits per heavy atom. The summed E-state index contributed by atoms with van der Waals surface area (Å²) in [4.78, 5) is 13.9. The van der Waals surface area contributed by atoms with E-state index < -0.39 is 5.97 Å². The average Bonchev–Trinajstić information content (AvgIpc) is 2.87. The molecular formula is C15H11NO2. The highest BCUT2D eigenvalue weighted by Crippen LogP contribution is 2.30. The van der Waals surface area contributed by atoms with Gasteiger partial charge in [0.05, 0.1) is 0 Å². The molecule has 0 saturated carbocycles. The maximum absolute atomic E-state index is 11.2. The summed E-state index contributed by atoms with van der Waals surface area (Å²) in [5.41, 5.74) is 1.89. The molecule has 0 bridgehead atoms. The van der Waals surface area contributed by atoms with Crippen LogP contribution in [0.1, 0.15) is 10.5 Å². The number of aromatic nitrogens is 1. The molecule has 3 rings (SSSR count). The van der Waals surface area contributed by atoms with Crippen molar-refractivity contribution in [2.24, 2.45) is 0 Å². The molecule has 0 spiro atoms. The lowest BCUT2D eigenvalue weighted by Gasteiger charge is -2.06. The van der Waals surface area contributed by atoms with E-state index in [1.807, 2.05) is 42.5 Å². The van der Waals surface area contributed by atoms with E-state index in [-0.39, 0.29) is 5.69 Å². The maximum atomic E-state index is 11.2. The Morgan fingerprint density at radius 1 is 0.944 bits per heavy atom. The Hall–Kier alpha value is -2.55. The molecule has 0 atom stereocenters. The van der Waals surface area contributed by atoms with E-state index in [0.29, 0.717) is 0 Å². The number of aromatic carboxylic acids is 1. The van der Waals surface area contributed by atoms with Crippen LogP contribution in [0.3, 0.4) is 0 Å². The topological polar surface area (TPSA) is 53.1 Å². The van der Waals surface area contributed by atoms with Crippen LogP contribution in [-0.4, -0.2) is 16.1 Å². The highest BCUT2D eigenvalue weighted by atomic mass is 16.4. The second kappa shape index (κ2) is 4.04. The zero-order valence-corrected chi connectivity index (χ0v) is 9.55. The molecule has 0 radical (unpaired) electrons. The molecule has 3 aromatic rings. The highest BCUT2D eigenvalue weighted by molar-refractivity contribution is 6.02. The van der Waals surface area contributed by atoms with E-state index >= 15 is 0 Å². The first kappa shape index (κ1) is 10.6. The summed E-state index contributed by atoms with van der Waals surface area (Å²) >= 11 is 0. The van der Waals surface area contributed by atoms with Crippen LogP contribution < -0.4 is 0 Å². The van der Waals surface area contributed by atoms with Crippen LogP contribution in [-0.2, 0) is 0 Å². The molecule has 18 heavy (non-hydrogen) atoms. The molecule has 0 aliphatic carbocycles. The maximum Gasteiger partial charge on any atom is 0.352 e. The fraction of sp³-hybridized carbons (Fsp3) is 0. The summed E-state index contributed by atoms with van der Waals surface area (Å²) in [6.07, 6.45) is 1.65. The molecule has 2 aromatic carbocycles. The number of H-pyrrole nitrogens is 1. The van der Waals surface area contributed by atoms with Gasteiger partial charge in [0.15, 0.2) is 0 Å². The Morgan fingerprint density at radius 3 is 2.56 bits per heavy atom. The standard InChI is InChI=1S/C15H11NO2/c17-15(18)14-13(8-9-16-14)12-7-3-5-10-4-1-2-6-11(10)12/h1-9,16H,(H,17,18). The van der Waals surface area contributed by atoms with Crippen molar-refractivity contribution >= 4 is 16.7 Å². The number of aromatic amines is 1. The predicted molar refractivity (Wildman–Crippen MR) is 70.7 cm³/mol. The van der Waals surface area contributed by atoms with Crippen LogP contribution in [0.25, 0.3) is 21.9 Å². The van der Waals surface area contributed by atoms with Crippen LogP contribution in [0.5, 0.6) is 0 Å². The Balaban J connectivity index is 2.32. The Bertz CT molecular complexity index is 723. The molecule has 1 aromatic heterocycles. The molecule has 0 aliphatic heterocycles. The SMILES string of the molecule is O=C(O)c1[nH]ccc1-c1cccc2ccccc12. The van der Waals surface area contributed by atoms with E-state index in [0.717, 1.165) is 21.9 Å². The second-order valence-corrected chi connectivity index (χ2v) is 4.10. The zero-order valence-electron chi connectivity index (χ0n) is 9.55. The van der Waals surface area contributed by atoms with Crippen molar-refractivity contribution in [3.8, 4) is 11.1 Å². The van der Waals surface area contributed by atoms with Gasteiger partial charge in [0.1, 0.15) is 5.69 Å². The zero-order chi connectivity index (χ0) is 12.5. The van der Waals surface area contributed by atoms with Crippen molar-refractivity contribution in [1.29, 1.82) is 0 Å². The molecule has 88 valence electrons. The third-order valence-corrected chi connectivity index (χ3v) is 3.04. The minimum Gasteiger partial charge on any atom is -0.477 e. The van der Waals surface area contributed by atoms with Crippen LogP contribution in [0.15, 0.2) is 54.7 Å². The quantitative estimate of drug-likeness (QED) is 0.716. The molecule has 2 N–H and O–H groups in total. The van der Waals surface area contributed by atoms with Gasteiger partial charge in [-0.05, 0) is 22.4 Å². The van der Waals surface area contributed by atoms with Gasteiger partial charge in [0, 0.05) is 11.8 Å². The third-order valence-electron chi connectivity index (χ3n) is 3.04. The van der Waals surface area contributed by atoms with Crippen LogP contribution in [0, 0.1) is 0 Å². The first-order chi connectivity index (χ1) is 8.77. The van der Waals surface area contributed by atoms with Crippen molar-refractivity contribution in [2.75, 3.05) is 0 Å². The van der Waals surface area contributed by atoms with E-state index in [1.54, 1.807) is 12.3 Å². The molecule has 3 nitrogen and oxygen atoms in total. The predicted octanol–water partition coefficient (Wildman–Crippen LogP) is 3.53. The van der Waals surface area contributed by atoms with Crippen LogP contribution in [0.4, 0.5) is 0 Å². The van der Waals surface area contributed by atoms with E-state index in [9.17, 15) is 4.79 Å². The fourth-order valence-electron chi connectivity index (χ4n) is 2.23. The van der Waals surface area contributed by atoms with Gasteiger partial charge in [-0.3, -0.25) is 0 Å². The smallest absolute Gasteiger partial charge is 0.352 e. The average molecular weight is 237 g/mol. The van der Waals surface area contributed by atoms with Crippen molar-refractivity contribution in [1.82, 2.24) is 4.98 Å². The van der Waals surface area contributed by atoms with Gasteiger partial charge in [-0.2, -0.15) is 0 Å². The summed E-state index contributed by atoms with van der Waals surface area (Å²) < 4.78 is 0. The Labute approximate surface area is 104 Å². The number of carboxylic acid groups (broad SMARTS) is 1. The van der Waals surface area contributed by atoms with Crippen molar-refractivity contribution in [3.63, 3.8) is 0 Å². The summed E-state index contributed by atoms with van der Waals surface area (Å²) in [5.74, 6) is -0.942. The number of rotatable bonds is 2. The summed E-state index contributed by atoms with van der Waals surface area (Å²) in [6, 6.07) is 15.7. The highest BCUT2D eigenvalue weighted by Gasteiger charge is 2.14. The molecule has 0 unspecified atom stereocenters.